The molecule has 0 radical (unpaired) electrons. The van der Waals surface area contributed by atoms with E-state index in [9.17, 15) is 19.2 Å². The SMILES string of the molecule is CC(=O)OC[C@H]1O[C@@H](SSc2ccccc2)[C@@H](OC(C)=O)[C@@H](OC(C)=O)[C@H]1OC(C)=O. The molecule has 5 atom stereocenters. The first kappa shape index (κ1) is 25.0. The van der Waals surface area contributed by atoms with Crippen molar-refractivity contribution in [3.63, 3.8) is 0 Å². The molecule has 1 aromatic rings. The van der Waals surface area contributed by atoms with Gasteiger partial charge in [0, 0.05) is 32.6 Å². The molecule has 1 aliphatic heterocycles. The molecule has 0 amide bonds. The predicted molar refractivity (Wildman–Crippen MR) is 112 cm³/mol. The zero-order chi connectivity index (χ0) is 23.0. The fourth-order valence-electron chi connectivity index (χ4n) is 2.85. The molecule has 1 heterocycles. The molecule has 9 nitrogen and oxygen atoms in total. The highest BCUT2D eigenvalue weighted by Gasteiger charge is 2.52. The van der Waals surface area contributed by atoms with Crippen LogP contribution in [0.1, 0.15) is 27.7 Å². The number of rotatable bonds is 8. The standard InChI is InChI=1S/C20H24O9S2/c1-11(21)25-10-16-17(26-12(2)22)18(27-13(3)23)19(28-14(4)24)20(29-16)31-30-15-8-6-5-7-9-15/h5-9,16-20H,10H2,1-4H3/t16-,17+,18+,19+,20+/m1/s1. The summed E-state index contributed by atoms with van der Waals surface area (Å²) in [6.45, 7) is 4.56. The molecule has 0 saturated carbocycles. The number of ether oxygens (including phenoxy) is 5. The maximum absolute atomic E-state index is 11.8. The van der Waals surface area contributed by atoms with Crippen molar-refractivity contribution in [3.05, 3.63) is 30.3 Å². The Morgan fingerprint density at radius 1 is 0.806 bits per heavy atom. The van der Waals surface area contributed by atoms with Gasteiger partial charge in [-0.25, -0.2) is 0 Å². The maximum Gasteiger partial charge on any atom is 0.303 e. The lowest BCUT2D eigenvalue weighted by Gasteiger charge is -2.43. The van der Waals surface area contributed by atoms with Crippen LogP contribution in [0.4, 0.5) is 0 Å². The van der Waals surface area contributed by atoms with E-state index in [1.807, 2.05) is 30.3 Å². The summed E-state index contributed by atoms with van der Waals surface area (Å²) in [4.78, 5) is 47.5. The van der Waals surface area contributed by atoms with Crippen molar-refractivity contribution in [1.29, 1.82) is 0 Å². The molecule has 0 aliphatic carbocycles. The van der Waals surface area contributed by atoms with E-state index in [-0.39, 0.29) is 6.61 Å². The van der Waals surface area contributed by atoms with Gasteiger partial charge in [0.25, 0.3) is 0 Å². The van der Waals surface area contributed by atoms with Crippen molar-refractivity contribution in [2.45, 2.75) is 62.4 Å². The minimum atomic E-state index is -1.16. The van der Waals surface area contributed by atoms with Crippen LogP contribution >= 0.6 is 21.6 Å². The van der Waals surface area contributed by atoms with Gasteiger partial charge in [-0.15, -0.1) is 0 Å². The van der Waals surface area contributed by atoms with Crippen LogP contribution in [0.5, 0.6) is 0 Å². The van der Waals surface area contributed by atoms with Crippen LogP contribution in [0.25, 0.3) is 0 Å². The molecule has 2 rings (SSSR count). The molecular formula is C20H24O9S2. The van der Waals surface area contributed by atoms with E-state index in [0.29, 0.717) is 0 Å². The van der Waals surface area contributed by atoms with Gasteiger partial charge in [-0.05, 0) is 12.1 Å². The number of carbonyl (C=O) groups is 4. The number of benzene rings is 1. The van der Waals surface area contributed by atoms with E-state index in [1.54, 1.807) is 0 Å². The van der Waals surface area contributed by atoms with E-state index in [1.165, 1.54) is 49.3 Å². The number of esters is 4. The summed E-state index contributed by atoms with van der Waals surface area (Å²) in [5, 5.41) is 0. The van der Waals surface area contributed by atoms with E-state index in [4.69, 9.17) is 23.7 Å². The third-order valence-corrected chi connectivity index (χ3v) is 6.50. The Hall–Kier alpha value is -2.24. The molecule has 0 unspecified atom stereocenters. The number of carbonyl (C=O) groups excluding carboxylic acids is 4. The van der Waals surface area contributed by atoms with Crippen molar-refractivity contribution >= 4 is 45.5 Å². The number of hydrogen-bond donors (Lipinski definition) is 0. The van der Waals surface area contributed by atoms with Crippen LogP contribution in [-0.4, -0.2) is 60.3 Å². The summed E-state index contributed by atoms with van der Waals surface area (Å²) in [7, 11) is 2.60. The summed E-state index contributed by atoms with van der Waals surface area (Å²) in [6.07, 6.45) is -4.32. The van der Waals surface area contributed by atoms with Gasteiger partial charge in [-0.2, -0.15) is 0 Å². The predicted octanol–water partition coefficient (Wildman–Crippen LogP) is 2.51. The highest BCUT2D eigenvalue weighted by atomic mass is 33.1. The minimum Gasteiger partial charge on any atom is -0.463 e. The fraction of sp³-hybridized carbons (Fsp3) is 0.500. The first-order valence-electron chi connectivity index (χ1n) is 9.36. The van der Waals surface area contributed by atoms with E-state index < -0.39 is 53.7 Å². The van der Waals surface area contributed by atoms with Crippen molar-refractivity contribution in [1.82, 2.24) is 0 Å². The normalized spacial score (nSPS) is 25.2. The van der Waals surface area contributed by atoms with Crippen molar-refractivity contribution < 1.29 is 42.9 Å². The van der Waals surface area contributed by atoms with Crippen molar-refractivity contribution in [2.75, 3.05) is 6.61 Å². The van der Waals surface area contributed by atoms with Crippen LogP contribution < -0.4 is 0 Å². The summed E-state index contributed by atoms with van der Waals surface area (Å²) < 4.78 is 27.2. The minimum absolute atomic E-state index is 0.245. The second kappa shape index (κ2) is 12.0. The first-order chi connectivity index (χ1) is 14.7. The van der Waals surface area contributed by atoms with Crippen LogP contribution in [0.15, 0.2) is 35.2 Å². The summed E-state index contributed by atoms with van der Waals surface area (Å²) >= 11 is 0. The Bertz CT molecular complexity index is 786. The number of hydrogen-bond acceptors (Lipinski definition) is 11. The van der Waals surface area contributed by atoms with Gasteiger partial charge in [0.1, 0.15) is 12.7 Å². The van der Waals surface area contributed by atoms with Crippen LogP contribution in [0, 0.1) is 0 Å². The summed E-state index contributed by atoms with van der Waals surface area (Å²) in [6, 6.07) is 9.40. The smallest absolute Gasteiger partial charge is 0.303 e. The second-order valence-corrected chi connectivity index (χ2v) is 8.93. The lowest BCUT2D eigenvalue weighted by atomic mass is 9.99. The molecule has 1 aromatic carbocycles. The highest BCUT2D eigenvalue weighted by Crippen LogP contribution is 2.42. The largest absolute Gasteiger partial charge is 0.463 e. The quantitative estimate of drug-likeness (QED) is 0.316. The van der Waals surface area contributed by atoms with Crippen LogP contribution in [0.3, 0.4) is 0 Å². The van der Waals surface area contributed by atoms with E-state index in [2.05, 4.69) is 0 Å². The zero-order valence-corrected chi connectivity index (χ0v) is 19.1. The molecule has 11 heteroatoms. The van der Waals surface area contributed by atoms with Gasteiger partial charge < -0.3 is 23.7 Å². The molecule has 31 heavy (non-hydrogen) atoms. The Morgan fingerprint density at radius 3 is 1.90 bits per heavy atom. The van der Waals surface area contributed by atoms with Crippen molar-refractivity contribution in [3.8, 4) is 0 Å². The Kier molecular flexibility index (Phi) is 9.66. The maximum atomic E-state index is 11.8. The van der Waals surface area contributed by atoms with E-state index >= 15 is 0 Å². The third-order valence-electron chi connectivity index (χ3n) is 3.93. The molecule has 0 spiro atoms. The first-order valence-corrected chi connectivity index (χ1v) is 11.6. The fourth-order valence-corrected chi connectivity index (χ4v) is 5.24. The topological polar surface area (TPSA) is 114 Å². The highest BCUT2D eigenvalue weighted by molar-refractivity contribution is 8.76. The zero-order valence-electron chi connectivity index (χ0n) is 17.5. The molecule has 0 N–H and O–H groups in total. The molecule has 1 fully saturated rings. The third kappa shape index (κ3) is 8.08. The van der Waals surface area contributed by atoms with Gasteiger partial charge in [-0.3, -0.25) is 19.2 Å². The lowest BCUT2D eigenvalue weighted by molar-refractivity contribution is -0.237. The van der Waals surface area contributed by atoms with Gasteiger partial charge in [-0.1, -0.05) is 39.8 Å². The molecule has 1 saturated heterocycles. The molecular weight excluding hydrogens is 448 g/mol. The van der Waals surface area contributed by atoms with Gasteiger partial charge in [0.2, 0.25) is 0 Å². The average Bonchev–Trinajstić information content (AvgIpc) is 2.68. The lowest BCUT2D eigenvalue weighted by Crippen LogP contribution is -2.61. The van der Waals surface area contributed by atoms with Crippen LogP contribution in [0.2, 0.25) is 0 Å². The molecule has 0 bridgehead atoms. The summed E-state index contributed by atoms with van der Waals surface area (Å²) in [5.41, 5.74) is -0.814. The van der Waals surface area contributed by atoms with Gasteiger partial charge in [0.15, 0.2) is 23.7 Å². The van der Waals surface area contributed by atoms with E-state index in [0.717, 1.165) is 4.90 Å². The van der Waals surface area contributed by atoms with Gasteiger partial charge >= 0.3 is 23.9 Å². The second-order valence-electron chi connectivity index (χ2n) is 6.56. The van der Waals surface area contributed by atoms with Gasteiger partial charge in [0.05, 0.1) is 0 Å². The Morgan fingerprint density at radius 2 is 1.35 bits per heavy atom. The molecule has 1 aliphatic rings. The van der Waals surface area contributed by atoms with Crippen molar-refractivity contribution in [2.24, 2.45) is 0 Å². The molecule has 0 aromatic heterocycles. The Labute approximate surface area is 187 Å². The monoisotopic (exact) mass is 472 g/mol. The van der Waals surface area contributed by atoms with Crippen LogP contribution in [-0.2, 0) is 42.9 Å². The average molecular weight is 473 g/mol. The summed E-state index contributed by atoms with van der Waals surface area (Å²) in [5.74, 6) is -2.50. The Balaban J connectivity index is 2.35. The molecule has 170 valence electrons.